The van der Waals surface area contributed by atoms with E-state index in [0.29, 0.717) is 18.2 Å². The van der Waals surface area contributed by atoms with Crippen LogP contribution < -0.4 is 15.8 Å². The molecule has 0 bridgehead atoms. The number of anilines is 2. The topological polar surface area (TPSA) is 47.3 Å². The van der Waals surface area contributed by atoms with Gasteiger partial charge in [0.15, 0.2) is 11.6 Å². The summed E-state index contributed by atoms with van der Waals surface area (Å²) in [5.41, 5.74) is 7.07. The standard InChI is InChI=1S/C15H23FN2O/c1-2-7-19-15-9-14(13(17)8-12(15)16)18-10-11-5-3-4-6-11/h8-9,11,18H,2-7,10,17H2,1H3. The molecule has 3 N–H and O–H groups in total. The first kappa shape index (κ1) is 14.0. The Hall–Kier alpha value is -1.45. The van der Waals surface area contributed by atoms with Crippen molar-refractivity contribution in [3.8, 4) is 5.75 Å². The van der Waals surface area contributed by atoms with Crippen LogP contribution in [0.2, 0.25) is 0 Å². The van der Waals surface area contributed by atoms with E-state index in [2.05, 4.69) is 5.32 Å². The molecule has 1 saturated carbocycles. The van der Waals surface area contributed by atoms with Crippen LogP contribution in [0.15, 0.2) is 12.1 Å². The van der Waals surface area contributed by atoms with Crippen LogP contribution in [-0.2, 0) is 0 Å². The van der Waals surface area contributed by atoms with E-state index in [-0.39, 0.29) is 5.75 Å². The van der Waals surface area contributed by atoms with Gasteiger partial charge in [-0.1, -0.05) is 19.8 Å². The maximum atomic E-state index is 13.7. The van der Waals surface area contributed by atoms with Crippen molar-refractivity contribution in [1.82, 2.24) is 0 Å². The van der Waals surface area contributed by atoms with Crippen LogP contribution in [0.5, 0.6) is 5.75 Å². The lowest BCUT2D eigenvalue weighted by molar-refractivity contribution is 0.301. The first-order valence-corrected chi connectivity index (χ1v) is 7.16. The van der Waals surface area contributed by atoms with Gasteiger partial charge in [0.05, 0.1) is 18.0 Å². The molecule has 0 amide bonds. The van der Waals surface area contributed by atoms with Crippen LogP contribution in [0.4, 0.5) is 15.8 Å². The molecule has 1 aliphatic rings. The normalized spacial score (nSPS) is 15.7. The second kappa shape index (κ2) is 6.64. The lowest BCUT2D eigenvalue weighted by Gasteiger charge is -2.15. The molecule has 0 aliphatic heterocycles. The Labute approximate surface area is 114 Å². The average Bonchev–Trinajstić information content (AvgIpc) is 2.90. The van der Waals surface area contributed by atoms with E-state index >= 15 is 0 Å². The van der Waals surface area contributed by atoms with Gasteiger partial charge >= 0.3 is 0 Å². The van der Waals surface area contributed by atoms with Crippen LogP contribution in [0.25, 0.3) is 0 Å². The number of ether oxygens (including phenoxy) is 1. The van der Waals surface area contributed by atoms with Crippen molar-refractivity contribution < 1.29 is 9.13 Å². The summed E-state index contributed by atoms with van der Waals surface area (Å²) >= 11 is 0. The summed E-state index contributed by atoms with van der Waals surface area (Å²) in [4.78, 5) is 0. The Bertz CT molecular complexity index is 417. The highest BCUT2D eigenvalue weighted by Gasteiger charge is 2.15. The highest BCUT2D eigenvalue weighted by molar-refractivity contribution is 5.68. The molecule has 4 heteroatoms. The lowest BCUT2D eigenvalue weighted by Crippen LogP contribution is -2.12. The van der Waals surface area contributed by atoms with Gasteiger partial charge in [-0.2, -0.15) is 0 Å². The third kappa shape index (κ3) is 3.75. The number of nitrogen functional groups attached to an aromatic ring is 1. The van der Waals surface area contributed by atoms with Gasteiger partial charge in [0.1, 0.15) is 0 Å². The maximum absolute atomic E-state index is 13.7. The van der Waals surface area contributed by atoms with E-state index < -0.39 is 5.82 Å². The van der Waals surface area contributed by atoms with Gasteiger partial charge in [0.25, 0.3) is 0 Å². The molecule has 0 atom stereocenters. The number of hydrogen-bond donors (Lipinski definition) is 2. The average molecular weight is 266 g/mol. The molecule has 1 fully saturated rings. The van der Waals surface area contributed by atoms with Gasteiger partial charge in [-0.05, 0) is 25.2 Å². The molecule has 3 nitrogen and oxygen atoms in total. The molecule has 0 unspecified atom stereocenters. The first-order valence-electron chi connectivity index (χ1n) is 7.16. The van der Waals surface area contributed by atoms with E-state index in [1.54, 1.807) is 6.07 Å². The SMILES string of the molecule is CCCOc1cc(NCC2CCCC2)c(N)cc1F. The lowest BCUT2D eigenvalue weighted by atomic mass is 10.1. The van der Waals surface area contributed by atoms with E-state index in [9.17, 15) is 4.39 Å². The van der Waals surface area contributed by atoms with Gasteiger partial charge < -0.3 is 15.8 Å². The van der Waals surface area contributed by atoms with Crippen LogP contribution in [0.1, 0.15) is 39.0 Å². The van der Waals surface area contributed by atoms with E-state index in [1.807, 2.05) is 6.92 Å². The number of rotatable bonds is 6. The second-order valence-electron chi connectivity index (χ2n) is 5.25. The zero-order valence-corrected chi connectivity index (χ0v) is 11.5. The summed E-state index contributed by atoms with van der Waals surface area (Å²) in [5.74, 6) is 0.604. The second-order valence-corrected chi connectivity index (χ2v) is 5.25. The summed E-state index contributed by atoms with van der Waals surface area (Å²) in [5, 5.41) is 3.33. The third-order valence-electron chi connectivity index (χ3n) is 3.62. The molecule has 0 radical (unpaired) electrons. The molecule has 0 spiro atoms. The summed E-state index contributed by atoms with van der Waals surface area (Å²) < 4.78 is 19.0. The quantitative estimate of drug-likeness (QED) is 0.770. The smallest absolute Gasteiger partial charge is 0.167 e. The zero-order valence-electron chi connectivity index (χ0n) is 11.5. The van der Waals surface area contributed by atoms with E-state index in [1.165, 1.54) is 31.7 Å². The van der Waals surface area contributed by atoms with Crippen LogP contribution in [0, 0.1) is 11.7 Å². The minimum Gasteiger partial charge on any atom is -0.490 e. The fourth-order valence-corrected chi connectivity index (χ4v) is 2.51. The molecule has 0 heterocycles. The fraction of sp³-hybridized carbons (Fsp3) is 0.600. The van der Waals surface area contributed by atoms with Gasteiger partial charge in [-0.25, -0.2) is 4.39 Å². The zero-order chi connectivity index (χ0) is 13.7. The molecule has 1 aromatic carbocycles. The summed E-state index contributed by atoms with van der Waals surface area (Å²) in [6.45, 7) is 3.42. The Morgan fingerprint density at radius 1 is 1.37 bits per heavy atom. The largest absolute Gasteiger partial charge is 0.490 e. The van der Waals surface area contributed by atoms with Gasteiger partial charge in [0.2, 0.25) is 0 Å². The van der Waals surface area contributed by atoms with Gasteiger partial charge in [0, 0.05) is 18.7 Å². The number of hydrogen-bond acceptors (Lipinski definition) is 3. The maximum Gasteiger partial charge on any atom is 0.167 e. The van der Waals surface area contributed by atoms with Crippen molar-refractivity contribution >= 4 is 11.4 Å². The van der Waals surface area contributed by atoms with E-state index in [4.69, 9.17) is 10.5 Å². The Balaban J connectivity index is 2.01. The molecular weight excluding hydrogens is 243 g/mol. The molecule has 0 saturated heterocycles. The van der Waals surface area contributed by atoms with Crippen molar-refractivity contribution in [3.63, 3.8) is 0 Å². The fourth-order valence-electron chi connectivity index (χ4n) is 2.51. The van der Waals surface area contributed by atoms with E-state index in [0.717, 1.165) is 18.7 Å². The monoisotopic (exact) mass is 266 g/mol. The van der Waals surface area contributed by atoms with Crippen LogP contribution >= 0.6 is 0 Å². The molecular formula is C15H23FN2O. The number of benzene rings is 1. The summed E-state index contributed by atoms with van der Waals surface area (Å²) in [6.07, 6.45) is 6.03. The predicted octanol–water partition coefficient (Wildman–Crippen LogP) is 3.80. The predicted molar refractivity (Wildman–Crippen MR) is 77.0 cm³/mol. The summed E-state index contributed by atoms with van der Waals surface area (Å²) in [7, 11) is 0. The van der Waals surface area contributed by atoms with Crippen molar-refractivity contribution in [2.45, 2.75) is 39.0 Å². The van der Waals surface area contributed by atoms with Crippen molar-refractivity contribution in [1.29, 1.82) is 0 Å². The molecule has 19 heavy (non-hydrogen) atoms. The molecule has 1 aliphatic carbocycles. The summed E-state index contributed by atoms with van der Waals surface area (Å²) in [6, 6.07) is 3.01. The first-order chi connectivity index (χ1) is 9.20. The van der Waals surface area contributed by atoms with Crippen molar-refractivity contribution in [2.75, 3.05) is 24.2 Å². The Kier molecular flexibility index (Phi) is 4.88. The molecule has 1 aromatic rings. The van der Waals surface area contributed by atoms with Crippen LogP contribution in [-0.4, -0.2) is 13.2 Å². The van der Waals surface area contributed by atoms with Crippen molar-refractivity contribution in [2.24, 2.45) is 5.92 Å². The Morgan fingerprint density at radius 2 is 2.11 bits per heavy atom. The van der Waals surface area contributed by atoms with Crippen LogP contribution in [0.3, 0.4) is 0 Å². The molecule has 0 aromatic heterocycles. The highest BCUT2D eigenvalue weighted by atomic mass is 19.1. The minimum atomic E-state index is -0.391. The molecule has 106 valence electrons. The Morgan fingerprint density at radius 3 is 2.79 bits per heavy atom. The highest BCUT2D eigenvalue weighted by Crippen LogP contribution is 2.30. The van der Waals surface area contributed by atoms with Crippen molar-refractivity contribution in [3.05, 3.63) is 17.9 Å². The van der Waals surface area contributed by atoms with Gasteiger partial charge in [-0.3, -0.25) is 0 Å². The minimum absolute atomic E-state index is 0.282. The third-order valence-corrected chi connectivity index (χ3v) is 3.62. The molecule has 2 rings (SSSR count). The van der Waals surface area contributed by atoms with Gasteiger partial charge in [-0.15, -0.1) is 0 Å². The number of nitrogens with two attached hydrogens (primary N) is 1. The number of halogens is 1. The number of nitrogens with one attached hydrogen (secondary N) is 1.